The normalized spacial score (nSPS) is 14.2. The van der Waals surface area contributed by atoms with Crippen LogP contribution in [0.4, 0.5) is 10.1 Å². The van der Waals surface area contributed by atoms with Gasteiger partial charge in [-0.15, -0.1) is 5.10 Å². The van der Waals surface area contributed by atoms with Crippen LogP contribution >= 0.6 is 0 Å². The van der Waals surface area contributed by atoms with Crippen LogP contribution in [0.3, 0.4) is 0 Å². The van der Waals surface area contributed by atoms with Gasteiger partial charge in [-0.25, -0.2) is 9.07 Å². The summed E-state index contributed by atoms with van der Waals surface area (Å²) in [5.41, 5.74) is 2.11. The Morgan fingerprint density at radius 1 is 1.05 bits per heavy atom. The quantitative estimate of drug-likeness (QED) is 0.343. The third-order valence-electron chi connectivity index (χ3n) is 7.02. The zero-order valence-electron chi connectivity index (χ0n) is 21.8. The topological polar surface area (TPSA) is 98.6 Å². The van der Waals surface area contributed by atoms with Crippen molar-refractivity contribution in [3.8, 4) is 11.5 Å². The number of nitrogens with one attached hydrogen (secondary N) is 1. The van der Waals surface area contributed by atoms with Gasteiger partial charge in [-0.1, -0.05) is 30.2 Å². The molecule has 202 valence electrons. The summed E-state index contributed by atoms with van der Waals surface area (Å²) in [6, 6.07) is 16.8. The van der Waals surface area contributed by atoms with E-state index in [1.807, 2.05) is 18.2 Å². The number of halogens is 1. The van der Waals surface area contributed by atoms with Gasteiger partial charge >= 0.3 is 0 Å². The van der Waals surface area contributed by atoms with Crippen LogP contribution in [0.1, 0.15) is 37.3 Å². The molecule has 3 aromatic carbocycles. The number of methoxy groups -OCH3 is 2. The lowest BCUT2D eigenvalue weighted by Gasteiger charge is -2.33. The van der Waals surface area contributed by atoms with Gasteiger partial charge in [0, 0.05) is 17.3 Å². The van der Waals surface area contributed by atoms with E-state index in [2.05, 4.69) is 15.6 Å². The summed E-state index contributed by atoms with van der Waals surface area (Å²) in [6.45, 7) is -0.197. The molecule has 1 N–H and O–H groups in total. The largest absolute Gasteiger partial charge is 0.497 e. The van der Waals surface area contributed by atoms with Crippen molar-refractivity contribution in [2.24, 2.45) is 0 Å². The molecule has 4 aromatic rings. The van der Waals surface area contributed by atoms with E-state index in [0.29, 0.717) is 33.8 Å². The van der Waals surface area contributed by atoms with Crippen molar-refractivity contribution in [2.75, 3.05) is 19.1 Å². The molecule has 0 aliphatic heterocycles. The van der Waals surface area contributed by atoms with Gasteiger partial charge in [0.05, 0.1) is 19.7 Å². The van der Waals surface area contributed by atoms with Crippen molar-refractivity contribution in [3.63, 3.8) is 0 Å². The van der Waals surface area contributed by atoms with Crippen LogP contribution < -0.4 is 19.7 Å². The molecular weight excluding hydrogens is 501 g/mol. The average molecular weight is 532 g/mol. The highest BCUT2D eigenvalue weighted by atomic mass is 19.1. The number of carbonyl (C=O) groups excluding carboxylic acids is 2. The van der Waals surface area contributed by atoms with Gasteiger partial charge in [-0.05, 0) is 67.4 Å². The maximum atomic E-state index is 14.1. The number of anilines is 1. The standard InChI is InChI=1S/C29H30FN5O4/c1-38-22-15-16-26(39-2)23(17-22)28(29(37)31-20-7-3-4-8-20)35(21-13-11-19(30)12-14-21)27(36)18-34-25-10-6-5-9-24(25)32-33-34/h5-6,9-17,20,28H,3-4,7-8,18H2,1-2H3,(H,31,37)/t28-/m1/s1. The number of hydrogen-bond donors (Lipinski definition) is 1. The number of amides is 2. The van der Waals surface area contributed by atoms with Crippen LogP contribution in [0.2, 0.25) is 0 Å². The minimum atomic E-state index is -1.14. The minimum absolute atomic E-state index is 0.000955. The predicted octanol–water partition coefficient (Wildman–Crippen LogP) is 4.42. The van der Waals surface area contributed by atoms with Crippen molar-refractivity contribution in [1.29, 1.82) is 0 Å². The second-order valence-corrected chi connectivity index (χ2v) is 9.48. The second kappa shape index (κ2) is 11.5. The van der Waals surface area contributed by atoms with Crippen molar-refractivity contribution >= 4 is 28.5 Å². The molecule has 1 aromatic heterocycles. The lowest BCUT2D eigenvalue weighted by Crippen LogP contribution is -2.47. The summed E-state index contributed by atoms with van der Waals surface area (Å²) in [5, 5.41) is 11.4. The summed E-state index contributed by atoms with van der Waals surface area (Å²) >= 11 is 0. The fourth-order valence-corrected chi connectivity index (χ4v) is 5.08. The van der Waals surface area contributed by atoms with E-state index in [-0.39, 0.29) is 18.5 Å². The van der Waals surface area contributed by atoms with Crippen LogP contribution in [0.25, 0.3) is 11.0 Å². The molecule has 1 fully saturated rings. The number of aromatic nitrogens is 3. The lowest BCUT2D eigenvalue weighted by atomic mass is 10.0. The zero-order chi connectivity index (χ0) is 27.4. The van der Waals surface area contributed by atoms with Crippen LogP contribution in [-0.4, -0.2) is 47.1 Å². The Kier molecular flexibility index (Phi) is 7.72. The summed E-state index contributed by atoms with van der Waals surface area (Å²) in [7, 11) is 3.03. The monoisotopic (exact) mass is 531 g/mol. The number of benzene rings is 3. The molecular formula is C29H30FN5O4. The van der Waals surface area contributed by atoms with Crippen molar-refractivity contribution in [2.45, 2.75) is 44.3 Å². The van der Waals surface area contributed by atoms with E-state index in [9.17, 15) is 14.0 Å². The number of nitrogens with zero attached hydrogens (tertiary/aromatic N) is 4. The lowest BCUT2D eigenvalue weighted by molar-refractivity contribution is -0.127. The first-order valence-electron chi connectivity index (χ1n) is 12.9. The maximum Gasteiger partial charge on any atom is 0.249 e. The van der Waals surface area contributed by atoms with Crippen molar-refractivity contribution in [3.05, 3.63) is 78.1 Å². The van der Waals surface area contributed by atoms with Gasteiger partial charge < -0.3 is 14.8 Å². The summed E-state index contributed by atoms with van der Waals surface area (Å²) in [6.07, 6.45) is 3.78. The van der Waals surface area contributed by atoms with Crippen molar-refractivity contribution < 1.29 is 23.5 Å². The highest BCUT2D eigenvalue weighted by Crippen LogP contribution is 2.36. The summed E-state index contributed by atoms with van der Waals surface area (Å²) in [4.78, 5) is 29.6. The smallest absolute Gasteiger partial charge is 0.249 e. The van der Waals surface area contributed by atoms with E-state index in [0.717, 1.165) is 25.7 Å². The molecule has 1 saturated carbocycles. The third kappa shape index (κ3) is 5.55. The molecule has 9 nitrogen and oxygen atoms in total. The van der Waals surface area contributed by atoms with Gasteiger partial charge in [-0.3, -0.25) is 14.5 Å². The predicted molar refractivity (Wildman–Crippen MR) is 144 cm³/mol. The Morgan fingerprint density at radius 3 is 2.51 bits per heavy atom. The molecule has 10 heteroatoms. The minimum Gasteiger partial charge on any atom is -0.497 e. The fourth-order valence-electron chi connectivity index (χ4n) is 5.08. The zero-order valence-corrected chi connectivity index (χ0v) is 21.8. The average Bonchev–Trinajstić information content (AvgIpc) is 3.62. The Bertz CT molecular complexity index is 1470. The van der Waals surface area contributed by atoms with Crippen LogP contribution in [0, 0.1) is 5.82 Å². The van der Waals surface area contributed by atoms with Crippen LogP contribution in [0.5, 0.6) is 11.5 Å². The highest BCUT2D eigenvalue weighted by Gasteiger charge is 2.37. The third-order valence-corrected chi connectivity index (χ3v) is 7.02. The van der Waals surface area contributed by atoms with E-state index < -0.39 is 17.8 Å². The molecule has 1 atom stereocenters. The van der Waals surface area contributed by atoms with Gasteiger partial charge in [0.2, 0.25) is 11.8 Å². The van der Waals surface area contributed by atoms with E-state index in [1.54, 1.807) is 24.3 Å². The molecule has 0 spiro atoms. The number of hydrogen-bond acceptors (Lipinski definition) is 6. The Hall–Kier alpha value is -4.47. The molecule has 5 rings (SSSR count). The number of rotatable bonds is 9. The SMILES string of the molecule is COc1ccc(OC)c([C@H](C(=O)NC2CCCC2)N(C(=O)Cn2nnc3ccccc32)c2ccc(F)cc2)c1. The molecule has 0 saturated heterocycles. The Balaban J connectivity index is 1.63. The van der Waals surface area contributed by atoms with Gasteiger partial charge in [0.1, 0.15) is 35.4 Å². The van der Waals surface area contributed by atoms with Gasteiger partial charge in [0.15, 0.2) is 0 Å². The van der Waals surface area contributed by atoms with Gasteiger partial charge in [0.25, 0.3) is 0 Å². The maximum absolute atomic E-state index is 14.1. The Morgan fingerprint density at radius 2 is 1.79 bits per heavy atom. The summed E-state index contributed by atoms with van der Waals surface area (Å²) < 4.78 is 26.5. The molecule has 1 heterocycles. The number of carbonyl (C=O) groups is 2. The number of ether oxygens (including phenoxy) is 2. The Labute approximate surface area is 225 Å². The first kappa shape index (κ1) is 26.1. The molecule has 0 unspecified atom stereocenters. The van der Waals surface area contributed by atoms with Crippen molar-refractivity contribution in [1.82, 2.24) is 20.3 Å². The molecule has 1 aliphatic carbocycles. The number of fused-ring (bicyclic) bond motifs is 1. The van der Waals surface area contributed by atoms with E-state index >= 15 is 0 Å². The molecule has 1 aliphatic rings. The fraction of sp³-hybridized carbons (Fsp3) is 0.310. The second-order valence-electron chi connectivity index (χ2n) is 9.48. The number of para-hydroxylation sites is 1. The first-order chi connectivity index (χ1) is 19.0. The van der Waals surface area contributed by atoms with E-state index in [4.69, 9.17) is 9.47 Å². The highest BCUT2D eigenvalue weighted by molar-refractivity contribution is 6.02. The first-order valence-corrected chi connectivity index (χ1v) is 12.9. The van der Waals surface area contributed by atoms with Crippen LogP contribution in [-0.2, 0) is 16.1 Å². The van der Waals surface area contributed by atoms with E-state index in [1.165, 1.54) is 48.1 Å². The van der Waals surface area contributed by atoms with Crippen LogP contribution in [0.15, 0.2) is 66.7 Å². The summed E-state index contributed by atoms with van der Waals surface area (Å²) in [5.74, 6) is -0.352. The molecule has 0 radical (unpaired) electrons. The molecule has 2 amide bonds. The molecule has 39 heavy (non-hydrogen) atoms. The van der Waals surface area contributed by atoms with Gasteiger partial charge in [-0.2, -0.15) is 0 Å². The molecule has 0 bridgehead atoms.